The molecule has 2 heterocycles. The van der Waals surface area contributed by atoms with E-state index >= 15 is 0 Å². The second-order valence-electron chi connectivity index (χ2n) is 6.55. The monoisotopic (exact) mass is 394 g/mol. The highest BCUT2D eigenvalue weighted by Gasteiger charge is 2.29. The van der Waals surface area contributed by atoms with Crippen molar-refractivity contribution in [3.8, 4) is 0 Å². The molecule has 0 radical (unpaired) electrons. The maximum Gasteiger partial charge on any atom is 0.416 e. The predicted octanol–water partition coefficient (Wildman–Crippen LogP) is 2.50. The third-order valence-electron chi connectivity index (χ3n) is 4.30. The summed E-state index contributed by atoms with van der Waals surface area (Å²) in [6.07, 6.45) is -4.39. The molecule has 0 saturated carbocycles. The number of carbonyl (C=O) groups is 1. The highest BCUT2D eigenvalue weighted by Crippen LogP contribution is 2.29. The van der Waals surface area contributed by atoms with Crippen molar-refractivity contribution in [2.75, 3.05) is 31.2 Å². The van der Waals surface area contributed by atoms with Crippen LogP contribution in [0.3, 0.4) is 0 Å². The van der Waals surface area contributed by atoms with Gasteiger partial charge in [-0.1, -0.05) is 12.1 Å². The van der Waals surface area contributed by atoms with E-state index in [-0.39, 0.29) is 18.9 Å². The lowest BCUT2D eigenvalue weighted by Crippen LogP contribution is -2.37. The second kappa shape index (κ2) is 8.55. The molecule has 28 heavy (non-hydrogen) atoms. The number of nitrogens with one attached hydrogen (secondary N) is 1. The molecule has 0 atom stereocenters. The summed E-state index contributed by atoms with van der Waals surface area (Å²) < 4.78 is 43.1. The van der Waals surface area contributed by atoms with Crippen LogP contribution in [0.1, 0.15) is 22.5 Å². The highest BCUT2D eigenvalue weighted by atomic mass is 19.4. The van der Waals surface area contributed by atoms with E-state index in [4.69, 9.17) is 4.74 Å². The van der Waals surface area contributed by atoms with Gasteiger partial charge in [-0.15, -0.1) is 0 Å². The standard InChI is InChI=1S/C19H21F3N4O2/c1-13-10-16(25-18(24-13)26-6-8-28-9-7-26)12-23-17(27)11-14-2-4-15(5-3-14)19(20,21)22/h2-5,10H,6-9,11-12H2,1H3,(H,23,27). The van der Waals surface area contributed by atoms with E-state index in [1.807, 2.05) is 11.8 Å². The molecule has 3 rings (SSSR count). The van der Waals surface area contributed by atoms with Crippen LogP contribution in [-0.4, -0.2) is 42.2 Å². The van der Waals surface area contributed by atoms with Crippen molar-refractivity contribution in [3.63, 3.8) is 0 Å². The largest absolute Gasteiger partial charge is 0.416 e. The average Bonchev–Trinajstić information content (AvgIpc) is 2.66. The molecular weight excluding hydrogens is 373 g/mol. The topological polar surface area (TPSA) is 67.4 Å². The van der Waals surface area contributed by atoms with Gasteiger partial charge in [0.2, 0.25) is 11.9 Å². The van der Waals surface area contributed by atoms with E-state index in [9.17, 15) is 18.0 Å². The van der Waals surface area contributed by atoms with Gasteiger partial charge in [-0.3, -0.25) is 4.79 Å². The Morgan fingerprint density at radius 3 is 2.50 bits per heavy atom. The number of halogens is 3. The molecule has 2 aromatic rings. The van der Waals surface area contributed by atoms with Crippen molar-refractivity contribution in [3.05, 3.63) is 52.8 Å². The van der Waals surface area contributed by atoms with Gasteiger partial charge in [-0.2, -0.15) is 13.2 Å². The smallest absolute Gasteiger partial charge is 0.378 e. The maximum atomic E-state index is 12.6. The number of alkyl halides is 3. The molecule has 0 bridgehead atoms. The van der Waals surface area contributed by atoms with Crippen LogP contribution in [0.4, 0.5) is 19.1 Å². The molecule has 1 N–H and O–H groups in total. The number of ether oxygens (including phenoxy) is 1. The van der Waals surface area contributed by atoms with Crippen LogP contribution in [-0.2, 0) is 28.7 Å². The van der Waals surface area contributed by atoms with E-state index in [1.54, 1.807) is 6.07 Å². The van der Waals surface area contributed by atoms with E-state index in [0.717, 1.165) is 17.8 Å². The Kier molecular flexibility index (Phi) is 6.13. The van der Waals surface area contributed by atoms with E-state index in [2.05, 4.69) is 15.3 Å². The SMILES string of the molecule is Cc1cc(CNC(=O)Cc2ccc(C(F)(F)F)cc2)nc(N2CCOCC2)n1. The number of aromatic nitrogens is 2. The third kappa shape index (κ3) is 5.41. The van der Waals surface area contributed by atoms with Gasteiger partial charge in [0.05, 0.1) is 37.4 Å². The second-order valence-corrected chi connectivity index (χ2v) is 6.55. The van der Waals surface area contributed by atoms with Gasteiger partial charge < -0.3 is 15.0 Å². The van der Waals surface area contributed by atoms with Crippen LogP contribution in [0.2, 0.25) is 0 Å². The zero-order chi connectivity index (χ0) is 20.1. The van der Waals surface area contributed by atoms with E-state index in [1.165, 1.54) is 12.1 Å². The number of hydrogen-bond donors (Lipinski definition) is 1. The van der Waals surface area contributed by atoms with E-state index < -0.39 is 11.7 Å². The predicted molar refractivity (Wildman–Crippen MR) is 96.8 cm³/mol. The van der Waals surface area contributed by atoms with Crippen LogP contribution in [0.25, 0.3) is 0 Å². The van der Waals surface area contributed by atoms with Gasteiger partial charge in [0.15, 0.2) is 0 Å². The molecule has 0 aliphatic carbocycles. The zero-order valence-electron chi connectivity index (χ0n) is 15.4. The molecule has 1 amide bonds. The van der Waals surface area contributed by atoms with Crippen LogP contribution in [0.15, 0.2) is 30.3 Å². The lowest BCUT2D eigenvalue weighted by atomic mass is 10.1. The average molecular weight is 394 g/mol. The minimum absolute atomic E-state index is 0.00146. The summed E-state index contributed by atoms with van der Waals surface area (Å²) in [5.41, 5.74) is 1.25. The first-order valence-electron chi connectivity index (χ1n) is 8.91. The van der Waals surface area contributed by atoms with Crippen molar-refractivity contribution in [2.24, 2.45) is 0 Å². The number of hydrogen-bond acceptors (Lipinski definition) is 5. The molecule has 9 heteroatoms. The van der Waals surface area contributed by atoms with Crippen LogP contribution in [0, 0.1) is 6.92 Å². The number of aryl methyl sites for hydroxylation is 1. The molecule has 1 aromatic carbocycles. The normalized spacial score (nSPS) is 14.8. The Morgan fingerprint density at radius 2 is 1.86 bits per heavy atom. The number of nitrogens with zero attached hydrogens (tertiary/aromatic N) is 3. The fourth-order valence-corrected chi connectivity index (χ4v) is 2.86. The summed E-state index contributed by atoms with van der Waals surface area (Å²) in [5, 5.41) is 2.76. The molecular formula is C19H21F3N4O2. The molecule has 6 nitrogen and oxygen atoms in total. The van der Waals surface area contributed by atoms with Crippen LogP contribution >= 0.6 is 0 Å². The molecule has 1 saturated heterocycles. The van der Waals surface area contributed by atoms with Crippen molar-refractivity contribution in [2.45, 2.75) is 26.1 Å². The Hall–Kier alpha value is -2.68. The fraction of sp³-hybridized carbons (Fsp3) is 0.421. The number of anilines is 1. The molecule has 1 aliphatic rings. The first kappa shape index (κ1) is 20.1. The lowest BCUT2D eigenvalue weighted by molar-refractivity contribution is -0.137. The number of morpholine rings is 1. The van der Waals surface area contributed by atoms with Crippen molar-refractivity contribution in [1.82, 2.24) is 15.3 Å². The first-order chi connectivity index (χ1) is 13.3. The highest BCUT2D eigenvalue weighted by molar-refractivity contribution is 5.78. The molecule has 1 fully saturated rings. The number of carbonyl (C=O) groups excluding carboxylic acids is 1. The lowest BCUT2D eigenvalue weighted by Gasteiger charge is -2.27. The van der Waals surface area contributed by atoms with Gasteiger partial charge in [-0.05, 0) is 30.7 Å². The third-order valence-corrected chi connectivity index (χ3v) is 4.30. The number of rotatable bonds is 5. The first-order valence-corrected chi connectivity index (χ1v) is 8.91. The van der Waals surface area contributed by atoms with Gasteiger partial charge >= 0.3 is 6.18 Å². The van der Waals surface area contributed by atoms with Gasteiger partial charge in [-0.25, -0.2) is 9.97 Å². The Morgan fingerprint density at radius 1 is 1.18 bits per heavy atom. The quantitative estimate of drug-likeness (QED) is 0.844. The summed E-state index contributed by atoms with van der Waals surface area (Å²) >= 11 is 0. The van der Waals surface area contributed by atoms with Gasteiger partial charge in [0, 0.05) is 18.8 Å². The van der Waals surface area contributed by atoms with Crippen molar-refractivity contribution < 1.29 is 22.7 Å². The summed E-state index contributed by atoms with van der Waals surface area (Å²) in [5.74, 6) is 0.319. The van der Waals surface area contributed by atoms with Crippen molar-refractivity contribution in [1.29, 1.82) is 0 Å². The summed E-state index contributed by atoms with van der Waals surface area (Å²) in [6.45, 7) is 4.75. The number of amides is 1. The Balaban J connectivity index is 1.57. The van der Waals surface area contributed by atoms with Gasteiger partial charge in [0.1, 0.15) is 0 Å². The minimum atomic E-state index is -4.39. The maximum absolute atomic E-state index is 12.6. The summed E-state index contributed by atoms with van der Waals surface area (Å²) in [4.78, 5) is 23.1. The Labute approximate surface area is 160 Å². The minimum Gasteiger partial charge on any atom is -0.378 e. The van der Waals surface area contributed by atoms with Crippen LogP contribution in [0.5, 0.6) is 0 Å². The molecule has 0 spiro atoms. The summed E-state index contributed by atoms with van der Waals surface area (Å²) in [6, 6.07) is 6.37. The zero-order valence-corrected chi connectivity index (χ0v) is 15.4. The van der Waals surface area contributed by atoms with E-state index in [0.29, 0.717) is 43.5 Å². The molecule has 1 aromatic heterocycles. The molecule has 150 valence electrons. The van der Waals surface area contributed by atoms with Gasteiger partial charge in [0.25, 0.3) is 0 Å². The van der Waals surface area contributed by atoms with Crippen LogP contribution < -0.4 is 10.2 Å². The molecule has 0 unspecified atom stereocenters. The Bertz CT molecular complexity index is 819. The molecule has 1 aliphatic heterocycles. The number of benzene rings is 1. The van der Waals surface area contributed by atoms with Crippen molar-refractivity contribution >= 4 is 11.9 Å². The fourth-order valence-electron chi connectivity index (χ4n) is 2.86. The summed E-state index contributed by atoms with van der Waals surface area (Å²) in [7, 11) is 0.